The fourth-order valence-electron chi connectivity index (χ4n) is 1.26. The fourth-order valence-corrected chi connectivity index (χ4v) is 1.26. The second kappa shape index (κ2) is 4.93. The third-order valence-electron chi connectivity index (χ3n) is 1.97. The second-order valence-corrected chi connectivity index (χ2v) is 3.17. The van der Waals surface area contributed by atoms with Crippen molar-refractivity contribution in [3.8, 4) is 0 Å². The van der Waals surface area contributed by atoms with Crippen molar-refractivity contribution >= 4 is 5.91 Å². The van der Waals surface area contributed by atoms with Crippen LogP contribution >= 0.6 is 0 Å². The first-order chi connectivity index (χ1) is 5.54. The van der Waals surface area contributed by atoms with Crippen molar-refractivity contribution in [3.63, 3.8) is 0 Å². The molecule has 1 amide bonds. The van der Waals surface area contributed by atoms with Crippen LogP contribution in [-0.4, -0.2) is 17.0 Å². The van der Waals surface area contributed by atoms with Crippen LogP contribution in [-0.2, 0) is 4.79 Å². The van der Waals surface area contributed by atoms with E-state index in [0.29, 0.717) is 5.92 Å². The van der Waals surface area contributed by atoms with E-state index in [2.05, 4.69) is 6.58 Å². The average molecular weight is 170 g/mol. The Morgan fingerprint density at radius 1 is 1.67 bits per heavy atom. The molecule has 1 atom stereocenters. The van der Waals surface area contributed by atoms with Gasteiger partial charge in [0.05, 0.1) is 6.04 Å². The molecule has 12 heavy (non-hydrogen) atoms. The van der Waals surface area contributed by atoms with Gasteiger partial charge >= 0.3 is 0 Å². The number of hydrazine groups is 1. The Morgan fingerprint density at radius 2 is 2.17 bits per heavy atom. The van der Waals surface area contributed by atoms with Gasteiger partial charge in [0.25, 0.3) is 5.91 Å². The number of rotatable bonds is 4. The first-order valence-electron chi connectivity index (χ1n) is 4.24. The van der Waals surface area contributed by atoms with Crippen molar-refractivity contribution < 1.29 is 4.79 Å². The largest absolute Gasteiger partial charge is 0.274 e. The zero-order valence-corrected chi connectivity index (χ0v) is 8.08. The molecule has 0 aliphatic rings. The van der Waals surface area contributed by atoms with Gasteiger partial charge in [-0.05, 0) is 18.4 Å². The van der Waals surface area contributed by atoms with Crippen molar-refractivity contribution in [1.29, 1.82) is 0 Å². The van der Waals surface area contributed by atoms with Crippen molar-refractivity contribution in [1.82, 2.24) is 5.01 Å². The van der Waals surface area contributed by atoms with Gasteiger partial charge in [-0.15, -0.1) is 0 Å². The summed E-state index contributed by atoms with van der Waals surface area (Å²) >= 11 is 0. The molecular formula is C9H18N2O. The lowest BCUT2D eigenvalue weighted by Gasteiger charge is -2.28. The van der Waals surface area contributed by atoms with Gasteiger partial charge in [0.1, 0.15) is 0 Å². The quantitative estimate of drug-likeness (QED) is 0.299. The Hall–Kier alpha value is -0.830. The van der Waals surface area contributed by atoms with Gasteiger partial charge in [-0.2, -0.15) is 0 Å². The van der Waals surface area contributed by atoms with E-state index in [1.54, 1.807) is 0 Å². The molecule has 0 spiro atoms. The summed E-state index contributed by atoms with van der Waals surface area (Å²) in [5, 5.41) is 1.26. The molecule has 3 heteroatoms. The molecule has 3 nitrogen and oxygen atoms in total. The Kier molecular flexibility index (Phi) is 4.59. The average Bonchev–Trinajstić information content (AvgIpc) is 2.03. The minimum atomic E-state index is -0.212. The predicted octanol–water partition coefficient (Wildman–Crippen LogP) is 1.31. The standard InChI is InChI=1S/C9H18N2O/c1-5-8(7(3)4)11(10)9(12)6-2/h6-8H,2,5,10H2,1,3-4H3. The zero-order chi connectivity index (χ0) is 9.72. The highest BCUT2D eigenvalue weighted by Crippen LogP contribution is 2.11. The van der Waals surface area contributed by atoms with Crippen LogP contribution in [0.4, 0.5) is 0 Å². The molecule has 1 unspecified atom stereocenters. The van der Waals surface area contributed by atoms with Gasteiger partial charge in [0.2, 0.25) is 0 Å². The molecule has 0 aliphatic heterocycles. The van der Waals surface area contributed by atoms with Crippen molar-refractivity contribution in [2.45, 2.75) is 33.2 Å². The summed E-state index contributed by atoms with van der Waals surface area (Å²) in [5.41, 5.74) is 0. The Labute approximate surface area is 74.2 Å². The number of amides is 1. The lowest BCUT2D eigenvalue weighted by Crippen LogP contribution is -2.47. The van der Waals surface area contributed by atoms with E-state index in [0.717, 1.165) is 6.42 Å². The highest BCUT2D eigenvalue weighted by Gasteiger charge is 2.19. The number of nitrogens with zero attached hydrogens (tertiary/aromatic N) is 1. The highest BCUT2D eigenvalue weighted by molar-refractivity contribution is 5.86. The number of hydrogen-bond donors (Lipinski definition) is 1. The molecule has 0 saturated heterocycles. The molecular weight excluding hydrogens is 152 g/mol. The van der Waals surface area contributed by atoms with Crippen LogP contribution in [0.25, 0.3) is 0 Å². The van der Waals surface area contributed by atoms with Gasteiger partial charge < -0.3 is 0 Å². The lowest BCUT2D eigenvalue weighted by atomic mass is 10.0. The van der Waals surface area contributed by atoms with E-state index in [9.17, 15) is 4.79 Å². The monoisotopic (exact) mass is 170 g/mol. The van der Waals surface area contributed by atoms with E-state index >= 15 is 0 Å². The van der Waals surface area contributed by atoms with Crippen LogP contribution in [0.3, 0.4) is 0 Å². The van der Waals surface area contributed by atoms with Crippen molar-refractivity contribution in [3.05, 3.63) is 12.7 Å². The van der Waals surface area contributed by atoms with E-state index < -0.39 is 0 Å². The van der Waals surface area contributed by atoms with E-state index in [1.807, 2.05) is 20.8 Å². The predicted molar refractivity (Wildman–Crippen MR) is 50.1 cm³/mol. The third-order valence-corrected chi connectivity index (χ3v) is 1.97. The summed E-state index contributed by atoms with van der Waals surface area (Å²) in [5.74, 6) is 5.76. The van der Waals surface area contributed by atoms with E-state index in [1.165, 1.54) is 11.1 Å². The number of carbonyl (C=O) groups excluding carboxylic acids is 1. The lowest BCUT2D eigenvalue weighted by molar-refractivity contribution is -0.129. The molecule has 0 aromatic carbocycles. The molecule has 0 fully saturated rings. The number of carbonyl (C=O) groups is 1. The van der Waals surface area contributed by atoms with Gasteiger partial charge in [0.15, 0.2) is 0 Å². The van der Waals surface area contributed by atoms with Gasteiger partial charge in [-0.1, -0.05) is 27.4 Å². The normalized spacial score (nSPS) is 12.8. The maximum Gasteiger partial charge on any atom is 0.260 e. The fraction of sp³-hybridized carbons (Fsp3) is 0.667. The Bertz CT molecular complexity index is 166. The third kappa shape index (κ3) is 2.66. The van der Waals surface area contributed by atoms with Crippen molar-refractivity contribution in [2.24, 2.45) is 11.8 Å². The molecule has 0 aliphatic carbocycles. The van der Waals surface area contributed by atoms with Gasteiger partial charge in [-0.25, -0.2) is 5.84 Å². The van der Waals surface area contributed by atoms with E-state index in [-0.39, 0.29) is 11.9 Å². The molecule has 0 rings (SSSR count). The minimum Gasteiger partial charge on any atom is -0.274 e. The summed E-state index contributed by atoms with van der Waals surface area (Å²) in [6.07, 6.45) is 2.11. The van der Waals surface area contributed by atoms with Crippen molar-refractivity contribution in [2.75, 3.05) is 0 Å². The molecule has 2 N–H and O–H groups in total. The van der Waals surface area contributed by atoms with Crippen LogP contribution in [0, 0.1) is 5.92 Å². The summed E-state index contributed by atoms with van der Waals surface area (Å²) in [4.78, 5) is 11.1. The Morgan fingerprint density at radius 3 is 2.42 bits per heavy atom. The first-order valence-corrected chi connectivity index (χ1v) is 4.24. The van der Waals surface area contributed by atoms with Crippen LogP contribution < -0.4 is 5.84 Å². The Balaban J connectivity index is 4.30. The highest BCUT2D eigenvalue weighted by atomic mass is 16.2. The molecule has 0 aromatic rings. The smallest absolute Gasteiger partial charge is 0.260 e. The molecule has 0 saturated carbocycles. The summed E-state index contributed by atoms with van der Waals surface area (Å²) in [6, 6.07) is 0.107. The summed E-state index contributed by atoms with van der Waals surface area (Å²) in [7, 11) is 0. The topological polar surface area (TPSA) is 46.3 Å². The maximum atomic E-state index is 11.1. The molecule has 0 heterocycles. The molecule has 70 valence electrons. The number of hydrogen-bond acceptors (Lipinski definition) is 2. The van der Waals surface area contributed by atoms with Crippen LogP contribution in [0.15, 0.2) is 12.7 Å². The van der Waals surface area contributed by atoms with Crippen LogP contribution in [0.2, 0.25) is 0 Å². The summed E-state index contributed by atoms with van der Waals surface area (Å²) < 4.78 is 0. The zero-order valence-electron chi connectivity index (χ0n) is 8.08. The molecule has 0 radical (unpaired) electrons. The first kappa shape index (κ1) is 11.2. The molecule has 0 bridgehead atoms. The van der Waals surface area contributed by atoms with Gasteiger partial charge in [0, 0.05) is 0 Å². The van der Waals surface area contributed by atoms with Crippen LogP contribution in [0.1, 0.15) is 27.2 Å². The van der Waals surface area contributed by atoms with Crippen LogP contribution in [0.5, 0.6) is 0 Å². The molecule has 0 aromatic heterocycles. The number of nitrogens with two attached hydrogens (primary N) is 1. The van der Waals surface area contributed by atoms with Gasteiger partial charge in [-0.3, -0.25) is 9.80 Å². The second-order valence-electron chi connectivity index (χ2n) is 3.17. The minimum absolute atomic E-state index is 0.107. The SMILES string of the molecule is C=CC(=O)N(N)C(CC)C(C)C. The maximum absolute atomic E-state index is 11.1. The summed E-state index contributed by atoms with van der Waals surface area (Å²) in [6.45, 7) is 9.49. The van der Waals surface area contributed by atoms with E-state index in [4.69, 9.17) is 5.84 Å².